The fourth-order valence-corrected chi connectivity index (χ4v) is 2.86. The Balaban J connectivity index is 1.68. The van der Waals surface area contributed by atoms with Gasteiger partial charge in [0.05, 0.1) is 7.11 Å². The standard InChI is InChI=1S/C22H19F2NO2/c1-27-18-9-6-16(7-10-18)22(26)25-13-12-15-4-2-3-5-19(15)20-11-8-17(23)14-21(20)24/h2-11,14H,12-13H2,1H3,(H,25,26). The van der Waals surface area contributed by atoms with Crippen molar-refractivity contribution in [3.05, 3.63) is 89.5 Å². The van der Waals surface area contributed by atoms with Gasteiger partial charge in [-0.1, -0.05) is 24.3 Å². The average Bonchev–Trinajstić information content (AvgIpc) is 2.68. The second kappa shape index (κ2) is 8.45. The molecule has 3 aromatic rings. The number of amides is 1. The fourth-order valence-electron chi connectivity index (χ4n) is 2.86. The molecule has 27 heavy (non-hydrogen) atoms. The van der Waals surface area contributed by atoms with Gasteiger partial charge < -0.3 is 10.1 Å². The van der Waals surface area contributed by atoms with E-state index in [1.54, 1.807) is 43.5 Å². The summed E-state index contributed by atoms with van der Waals surface area (Å²) in [6.45, 7) is 0.394. The number of hydrogen-bond acceptors (Lipinski definition) is 2. The lowest BCUT2D eigenvalue weighted by Gasteiger charge is -2.12. The predicted molar refractivity (Wildman–Crippen MR) is 101 cm³/mol. The van der Waals surface area contributed by atoms with Gasteiger partial charge in [-0.05, 0) is 53.9 Å². The second-order valence-electron chi connectivity index (χ2n) is 6.02. The molecule has 0 aromatic heterocycles. The Morgan fingerprint density at radius 3 is 2.41 bits per heavy atom. The summed E-state index contributed by atoms with van der Waals surface area (Å²) in [5.41, 5.74) is 2.44. The Kier molecular flexibility index (Phi) is 5.81. The van der Waals surface area contributed by atoms with Crippen molar-refractivity contribution >= 4 is 5.91 Å². The van der Waals surface area contributed by atoms with Gasteiger partial charge in [0.25, 0.3) is 5.91 Å². The predicted octanol–water partition coefficient (Wildman–Crippen LogP) is 4.61. The minimum Gasteiger partial charge on any atom is -0.497 e. The van der Waals surface area contributed by atoms with E-state index in [0.29, 0.717) is 35.4 Å². The summed E-state index contributed by atoms with van der Waals surface area (Å²) < 4.78 is 32.4. The van der Waals surface area contributed by atoms with Crippen LogP contribution >= 0.6 is 0 Å². The summed E-state index contributed by atoms with van der Waals surface area (Å²) in [4.78, 5) is 12.2. The summed E-state index contributed by atoms with van der Waals surface area (Å²) in [6, 6.07) is 17.7. The molecule has 0 aliphatic carbocycles. The average molecular weight is 367 g/mol. The van der Waals surface area contributed by atoms with Crippen LogP contribution in [0.3, 0.4) is 0 Å². The van der Waals surface area contributed by atoms with Gasteiger partial charge >= 0.3 is 0 Å². The molecule has 0 unspecified atom stereocenters. The van der Waals surface area contributed by atoms with E-state index in [0.717, 1.165) is 11.6 Å². The van der Waals surface area contributed by atoms with Crippen LogP contribution in [0.2, 0.25) is 0 Å². The van der Waals surface area contributed by atoms with Gasteiger partial charge in [0, 0.05) is 23.7 Å². The second-order valence-corrected chi connectivity index (χ2v) is 6.02. The van der Waals surface area contributed by atoms with Crippen molar-refractivity contribution in [3.8, 4) is 16.9 Å². The number of ether oxygens (including phenoxy) is 1. The maximum absolute atomic E-state index is 14.1. The van der Waals surface area contributed by atoms with Gasteiger partial charge in [0.2, 0.25) is 0 Å². The molecular formula is C22H19F2NO2. The number of benzene rings is 3. The lowest BCUT2D eigenvalue weighted by atomic mass is 9.97. The third-order valence-corrected chi connectivity index (χ3v) is 4.27. The van der Waals surface area contributed by atoms with Crippen LogP contribution in [-0.2, 0) is 6.42 Å². The zero-order chi connectivity index (χ0) is 19.2. The van der Waals surface area contributed by atoms with Crippen molar-refractivity contribution in [3.63, 3.8) is 0 Å². The topological polar surface area (TPSA) is 38.3 Å². The van der Waals surface area contributed by atoms with Crippen LogP contribution in [-0.4, -0.2) is 19.6 Å². The Morgan fingerprint density at radius 1 is 0.963 bits per heavy atom. The summed E-state index contributed by atoms with van der Waals surface area (Å²) in [6.07, 6.45) is 0.523. The molecule has 0 atom stereocenters. The van der Waals surface area contributed by atoms with Crippen molar-refractivity contribution in [1.29, 1.82) is 0 Å². The first-order valence-corrected chi connectivity index (χ1v) is 8.54. The number of halogens is 2. The van der Waals surface area contributed by atoms with Crippen molar-refractivity contribution in [2.75, 3.05) is 13.7 Å². The molecule has 0 saturated carbocycles. The van der Waals surface area contributed by atoms with Crippen LogP contribution in [0.5, 0.6) is 5.75 Å². The normalized spacial score (nSPS) is 10.5. The van der Waals surface area contributed by atoms with E-state index in [1.165, 1.54) is 12.1 Å². The van der Waals surface area contributed by atoms with E-state index < -0.39 is 11.6 Å². The molecule has 0 spiro atoms. The molecule has 3 rings (SSSR count). The minimum atomic E-state index is -0.611. The Hall–Kier alpha value is -3.21. The smallest absolute Gasteiger partial charge is 0.251 e. The van der Waals surface area contributed by atoms with Gasteiger partial charge in [-0.25, -0.2) is 8.78 Å². The number of carbonyl (C=O) groups is 1. The minimum absolute atomic E-state index is 0.192. The zero-order valence-electron chi connectivity index (χ0n) is 14.8. The highest BCUT2D eigenvalue weighted by Crippen LogP contribution is 2.27. The van der Waals surface area contributed by atoms with Crippen LogP contribution in [0.1, 0.15) is 15.9 Å². The number of hydrogen-bond donors (Lipinski definition) is 1. The summed E-state index contributed by atoms with van der Waals surface area (Å²) in [5.74, 6) is -0.727. The molecule has 0 radical (unpaired) electrons. The Morgan fingerprint density at radius 2 is 1.70 bits per heavy atom. The number of nitrogens with one attached hydrogen (secondary N) is 1. The van der Waals surface area contributed by atoms with Gasteiger partial charge in [-0.3, -0.25) is 4.79 Å². The molecule has 138 valence electrons. The summed E-state index contributed by atoms with van der Waals surface area (Å²) >= 11 is 0. The van der Waals surface area contributed by atoms with Crippen LogP contribution in [0.25, 0.3) is 11.1 Å². The molecule has 0 aliphatic heterocycles. The number of carbonyl (C=O) groups excluding carboxylic acids is 1. The third-order valence-electron chi connectivity index (χ3n) is 4.27. The van der Waals surface area contributed by atoms with Gasteiger partial charge in [0.1, 0.15) is 17.4 Å². The van der Waals surface area contributed by atoms with Gasteiger partial charge in [-0.15, -0.1) is 0 Å². The summed E-state index contributed by atoms with van der Waals surface area (Å²) in [5, 5.41) is 2.85. The van der Waals surface area contributed by atoms with Crippen LogP contribution in [0, 0.1) is 11.6 Å². The lowest BCUT2D eigenvalue weighted by Crippen LogP contribution is -2.25. The molecule has 1 amide bonds. The first-order chi connectivity index (χ1) is 13.1. The molecule has 0 aliphatic rings. The quantitative estimate of drug-likeness (QED) is 0.691. The highest BCUT2D eigenvalue weighted by atomic mass is 19.1. The maximum Gasteiger partial charge on any atom is 0.251 e. The van der Waals surface area contributed by atoms with E-state index >= 15 is 0 Å². The first-order valence-electron chi connectivity index (χ1n) is 8.54. The third kappa shape index (κ3) is 4.50. The van der Waals surface area contributed by atoms with Crippen molar-refractivity contribution in [1.82, 2.24) is 5.32 Å². The van der Waals surface area contributed by atoms with Gasteiger partial charge in [-0.2, -0.15) is 0 Å². The first kappa shape index (κ1) is 18.6. The number of rotatable bonds is 6. The van der Waals surface area contributed by atoms with Crippen LogP contribution in [0.4, 0.5) is 8.78 Å². The summed E-state index contributed by atoms with van der Waals surface area (Å²) in [7, 11) is 1.57. The molecule has 5 heteroatoms. The molecule has 0 fully saturated rings. The largest absolute Gasteiger partial charge is 0.497 e. The van der Waals surface area contributed by atoms with E-state index in [4.69, 9.17) is 4.74 Å². The van der Waals surface area contributed by atoms with Crippen LogP contribution in [0.15, 0.2) is 66.7 Å². The molecule has 0 saturated heterocycles. The van der Waals surface area contributed by atoms with Crippen molar-refractivity contribution in [2.45, 2.75) is 6.42 Å². The fraction of sp³-hybridized carbons (Fsp3) is 0.136. The number of methoxy groups -OCH3 is 1. The maximum atomic E-state index is 14.1. The van der Waals surface area contributed by atoms with E-state index in [1.807, 2.05) is 12.1 Å². The van der Waals surface area contributed by atoms with E-state index in [2.05, 4.69) is 5.32 Å². The highest BCUT2D eigenvalue weighted by molar-refractivity contribution is 5.94. The molecular weight excluding hydrogens is 348 g/mol. The Bertz CT molecular complexity index is 939. The Labute approximate surface area is 156 Å². The monoisotopic (exact) mass is 367 g/mol. The highest BCUT2D eigenvalue weighted by Gasteiger charge is 2.11. The van der Waals surface area contributed by atoms with Crippen molar-refractivity contribution in [2.24, 2.45) is 0 Å². The van der Waals surface area contributed by atoms with E-state index in [-0.39, 0.29) is 5.91 Å². The molecule has 3 aromatic carbocycles. The lowest BCUT2D eigenvalue weighted by molar-refractivity contribution is 0.0954. The molecule has 1 N–H and O–H groups in total. The van der Waals surface area contributed by atoms with E-state index in [9.17, 15) is 13.6 Å². The zero-order valence-corrected chi connectivity index (χ0v) is 14.8. The molecule has 0 heterocycles. The molecule has 0 bridgehead atoms. The SMILES string of the molecule is COc1ccc(C(=O)NCCc2ccccc2-c2ccc(F)cc2F)cc1. The van der Waals surface area contributed by atoms with Crippen molar-refractivity contribution < 1.29 is 18.3 Å². The van der Waals surface area contributed by atoms with Gasteiger partial charge in [0.15, 0.2) is 0 Å². The van der Waals surface area contributed by atoms with Crippen LogP contribution < -0.4 is 10.1 Å². The molecule has 3 nitrogen and oxygen atoms in total.